The van der Waals surface area contributed by atoms with Crippen LogP contribution in [0.3, 0.4) is 0 Å². The van der Waals surface area contributed by atoms with E-state index in [0.717, 1.165) is 11.3 Å². The van der Waals surface area contributed by atoms with Crippen molar-refractivity contribution in [3.63, 3.8) is 0 Å². The molecule has 0 atom stereocenters. The molecule has 11 heavy (non-hydrogen) atoms. The molecular formula is C5H4N3O2S. The maximum atomic E-state index is 10.9. The van der Waals surface area contributed by atoms with Gasteiger partial charge in [0, 0.05) is 11.6 Å². The van der Waals surface area contributed by atoms with Gasteiger partial charge in [-0.1, -0.05) is 0 Å². The van der Waals surface area contributed by atoms with Crippen LogP contribution < -0.4 is 11.3 Å². The van der Waals surface area contributed by atoms with Crippen LogP contribution in [-0.4, -0.2) is 16.7 Å². The van der Waals surface area contributed by atoms with Gasteiger partial charge in [0.1, 0.15) is 0 Å². The summed E-state index contributed by atoms with van der Waals surface area (Å²) in [5.74, 6) is 2.88. The van der Waals surface area contributed by atoms with E-state index in [9.17, 15) is 9.59 Å². The summed E-state index contributed by atoms with van der Waals surface area (Å²) in [4.78, 5) is 25.0. The second-order valence-electron chi connectivity index (χ2n) is 1.60. The number of carbonyl (C=O) groups is 2. The average molecular weight is 170 g/mol. The predicted molar refractivity (Wildman–Crippen MR) is 37.8 cm³/mol. The van der Waals surface area contributed by atoms with Crippen LogP contribution in [-0.2, 0) is 4.79 Å². The Morgan fingerprint density at radius 1 is 1.64 bits per heavy atom. The first-order valence-electron chi connectivity index (χ1n) is 2.65. The number of amides is 1. The molecule has 1 aromatic rings. The molecule has 0 aliphatic heterocycles. The summed E-state index contributed by atoms with van der Waals surface area (Å²) >= 11 is 1.08. The molecule has 0 saturated carbocycles. The Morgan fingerprint density at radius 2 is 2.36 bits per heavy atom. The van der Waals surface area contributed by atoms with Crippen molar-refractivity contribution in [3.05, 3.63) is 16.6 Å². The van der Waals surface area contributed by atoms with E-state index in [1.807, 2.05) is 0 Å². The fourth-order valence-electron chi connectivity index (χ4n) is 0.486. The van der Waals surface area contributed by atoms with Gasteiger partial charge in [0.25, 0.3) is 5.78 Å². The second kappa shape index (κ2) is 3.22. The Labute approximate surface area is 66.2 Å². The lowest BCUT2D eigenvalue weighted by molar-refractivity contribution is -0.117. The van der Waals surface area contributed by atoms with E-state index >= 15 is 0 Å². The van der Waals surface area contributed by atoms with Crippen LogP contribution in [0.5, 0.6) is 0 Å². The molecule has 1 heterocycles. The number of carbonyl (C=O) groups excluding carboxylic acids is 2. The molecule has 2 N–H and O–H groups in total. The number of aromatic nitrogens is 1. The molecule has 0 spiro atoms. The fraction of sp³-hybridized carbons (Fsp3) is 0. The molecule has 5 nitrogen and oxygen atoms in total. The molecule has 0 unspecified atom stereocenters. The molecular weight excluding hydrogens is 166 g/mol. The number of rotatable bonds is 2. The highest BCUT2D eigenvalue weighted by atomic mass is 32.1. The van der Waals surface area contributed by atoms with E-state index in [0.29, 0.717) is 0 Å². The highest BCUT2D eigenvalue weighted by molar-refractivity contribution is 7.12. The lowest BCUT2D eigenvalue weighted by atomic mass is 10.4. The Balaban J connectivity index is 2.79. The zero-order valence-electron chi connectivity index (χ0n) is 5.35. The normalized spacial score (nSPS) is 9.18. The number of nitrogens with zero attached hydrogens (tertiary/aromatic N) is 2. The van der Waals surface area contributed by atoms with E-state index in [1.165, 1.54) is 6.20 Å². The molecule has 6 heteroatoms. The molecule has 0 saturated heterocycles. The van der Waals surface area contributed by atoms with Crippen LogP contribution in [0.2, 0.25) is 0 Å². The maximum Gasteiger partial charge on any atom is 0.332 e. The highest BCUT2D eigenvalue weighted by Gasteiger charge is 2.17. The van der Waals surface area contributed by atoms with Gasteiger partial charge < -0.3 is 0 Å². The van der Waals surface area contributed by atoms with Crippen LogP contribution in [0, 0.1) is 0 Å². The average Bonchev–Trinajstić information content (AvgIpc) is 2.53. The molecule has 0 aliphatic carbocycles. The molecule has 57 valence electrons. The second-order valence-corrected chi connectivity index (χ2v) is 2.50. The first-order chi connectivity index (χ1) is 5.25. The van der Waals surface area contributed by atoms with E-state index in [4.69, 9.17) is 0 Å². The molecule has 1 amide bonds. The quantitative estimate of drug-likeness (QED) is 0.209. The molecule has 1 rings (SSSR count). The smallest absolute Gasteiger partial charge is 0.280 e. The summed E-state index contributed by atoms with van der Waals surface area (Å²) in [5.41, 5.74) is 2.72. The first-order valence-corrected chi connectivity index (χ1v) is 3.52. The Hall–Kier alpha value is -1.27. The van der Waals surface area contributed by atoms with Crippen molar-refractivity contribution in [2.24, 2.45) is 5.84 Å². The number of nitrogens with two attached hydrogens (primary N) is 1. The van der Waals surface area contributed by atoms with Crippen molar-refractivity contribution in [3.8, 4) is 0 Å². The number of hydrogen-bond donors (Lipinski definition) is 1. The summed E-state index contributed by atoms with van der Waals surface area (Å²) in [6.45, 7) is 0. The zero-order chi connectivity index (χ0) is 8.27. The van der Waals surface area contributed by atoms with Gasteiger partial charge in [-0.3, -0.25) is 9.59 Å². The van der Waals surface area contributed by atoms with Crippen molar-refractivity contribution in [1.82, 2.24) is 10.4 Å². The third-order valence-electron chi connectivity index (χ3n) is 0.938. The molecule has 0 fully saturated rings. The minimum absolute atomic E-state index is 0.115. The number of hydrogen-bond acceptors (Lipinski definition) is 5. The third kappa shape index (κ3) is 1.60. The molecule has 1 radical (unpaired) electrons. The van der Waals surface area contributed by atoms with Gasteiger partial charge in [-0.2, -0.15) is 5.43 Å². The van der Waals surface area contributed by atoms with E-state index < -0.39 is 11.7 Å². The van der Waals surface area contributed by atoms with E-state index in [-0.39, 0.29) is 5.01 Å². The summed E-state index contributed by atoms with van der Waals surface area (Å²) in [5, 5.41) is 1.71. The summed E-state index contributed by atoms with van der Waals surface area (Å²) in [6, 6.07) is 0. The largest absolute Gasteiger partial charge is 0.332 e. The van der Waals surface area contributed by atoms with Crippen LogP contribution in [0.15, 0.2) is 11.6 Å². The molecule has 1 aromatic heterocycles. The Morgan fingerprint density at radius 3 is 2.82 bits per heavy atom. The minimum Gasteiger partial charge on any atom is -0.280 e. The highest BCUT2D eigenvalue weighted by Crippen LogP contribution is 2.04. The van der Waals surface area contributed by atoms with Gasteiger partial charge in [0.2, 0.25) is 0 Å². The Kier molecular flexibility index (Phi) is 2.29. The zero-order valence-corrected chi connectivity index (χ0v) is 6.17. The van der Waals surface area contributed by atoms with Gasteiger partial charge in [0.05, 0.1) is 0 Å². The molecule has 0 aliphatic rings. The van der Waals surface area contributed by atoms with Crippen LogP contribution >= 0.6 is 11.3 Å². The first kappa shape index (κ1) is 7.83. The summed E-state index contributed by atoms with van der Waals surface area (Å²) in [6.07, 6.45) is 1.43. The minimum atomic E-state index is -0.972. The molecule has 0 bridgehead atoms. The van der Waals surface area contributed by atoms with Gasteiger partial charge in [-0.25, -0.2) is 10.8 Å². The van der Waals surface area contributed by atoms with Crippen molar-refractivity contribution >= 4 is 23.0 Å². The maximum absolute atomic E-state index is 10.9. The van der Waals surface area contributed by atoms with Crippen LogP contribution in [0.4, 0.5) is 0 Å². The van der Waals surface area contributed by atoms with Gasteiger partial charge in [-0.05, 0) is 0 Å². The van der Waals surface area contributed by atoms with Gasteiger partial charge in [-0.15, -0.1) is 11.3 Å². The van der Waals surface area contributed by atoms with Crippen molar-refractivity contribution in [2.75, 3.05) is 0 Å². The van der Waals surface area contributed by atoms with Gasteiger partial charge in [0.15, 0.2) is 5.01 Å². The predicted octanol–water partition coefficient (Wildman–Crippen LogP) is -0.670. The summed E-state index contributed by atoms with van der Waals surface area (Å²) < 4.78 is 0. The fourth-order valence-corrected chi connectivity index (χ4v) is 1.05. The Bertz CT molecular complexity index is 269. The number of thiazole rings is 1. The van der Waals surface area contributed by atoms with Gasteiger partial charge >= 0.3 is 5.91 Å². The van der Waals surface area contributed by atoms with E-state index in [2.05, 4.69) is 16.3 Å². The molecule has 0 aromatic carbocycles. The lowest BCUT2D eigenvalue weighted by Crippen LogP contribution is -2.29. The van der Waals surface area contributed by atoms with Crippen LogP contribution in [0.25, 0.3) is 0 Å². The van der Waals surface area contributed by atoms with Crippen LogP contribution in [0.1, 0.15) is 9.80 Å². The van der Waals surface area contributed by atoms with Crippen molar-refractivity contribution < 1.29 is 9.59 Å². The number of ketones is 1. The van der Waals surface area contributed by atoms with Crippen molar-refractivity contribution in [2.45, 2.75) is 0 Å². The van der Waals surface area contributed by atoms with E-state index in [1.54, 1.807) is 5.38 Å². The SMILES string of the molecule is N[N]C(=O)C(=O)c1nccs1. The topological polar surface area (TPSA) is 87.2 Å². The number of Topliss-reactive ketones (excluding diaryl/α,β-unsaturated/α-hetero) is 1. The third-order valence-corrected chi connectivity index (χ3v) is 1.71. The summed E-state index contributed by atoms with van der Waals surface area (Å²) in [7, 11) is 0. The monoisotopic (exact) mass is 170 g/mol. The van der Waals surface area contributed by atoms with Crippen molar-refractivity contribution in [1.29, 1.82) is 0 Å². The standard InChI is InChI=1S/C5H4N3O2S/c6-8-4(10)3(9)5-7-1-2-11-5/h1-2H,6H2. The lowest BCUT2D eigenvalue weighted by Gasteiger charge is -1.88.